The van der Waals surface area contributed by atoms with Gasteiger partial charge in [0.25, 0.3) is 0 Å². The van der Waals surface area contributed by atoms with Crippen molar-refractivity contribution in [1.29, 1.82) is 0 Å². The van der Waals surface area contributed by atoms with Crippen LogP contribution in [0.15, 0.2) is 0 Å². The molecule has 6 nitrogen and oxygen atoms in total. The van der Waals surface area contributed by atoms with Crippen LogP contribution in [0.25, 0.3) is 0 Å². The number of hydrogen-bond acceptors (Lipinski definition) is 4. The van der Waals surface area contributed by atoms with Gasteiger partial charge in [0.2, 0.25) is 11.8 Å². The number of likely N-dealkylation sites (tertiary alicyclic amines) is 1. The summed E-state index contributed by atoms with van der Waals surface area (Å²) in [6, 6.07) is 0.142. The molecular formula is C24H37N3O3. The van der Waals surface area contributed by atoms with Gasteiger partial charge in [0, 0.05) is 12.6 Å². The van der Waals surface area contributed by atoms with Crippen LogP contribution in [0, 0.1) is 23.2 Å². The number of nitrogens with zero attached hydrogens (tertiary/aromatic N) is 2. The minimum absolute atomic E-state index is 0.0549. The second kappa shape index (κ2) is 6.93. The van der Waals surface area contributed by atoms with Crippen molar-refractivity contribution in [2.75, 3.05) is 33.3 Å². The van der Waals surface area contributed by atoms with E-state index >= 15 is 0 Å². The third-order valence-corrected chi connectivity index (χ3v) is 9.36. The van der Waals surface area contributed by atoms with Gasteiger partial charge in [-0.25, -0.2) is 0 Å². The number of amides is 2. The Labute approximate surface area is 180 Å². The molecule has 1 spiro atoms. The fourth-order valence-corrected chi connectivity index (χ4v) is 8.33. The van der Waals surface area contributed by atoms with Gasteiger partial charge >= 0.3 is 0 Å². The van der Waals surface area contributed by atoms with E-state index in [0.717, 1.165) is 56.4 Å². The fraction of sp³-hybridized carbons (Fsp3) is 0.917. The van der Waals surface area contributed by atoms with E-state index in [-0.39, 0.29) is 23.0 Å². The van der Waals surface area contributed by atoms with E-state index in [2.05, 4.69) is 15.1 Å². The van der Waals surface area contributed by atoms with E-state index in [4.69, 9.17) is 4.74 Å². The molecule has 166 valence electrons. The smallest absolute Gasteiger partial charge is 0.239 e. The van der Waals surface area contributed by atoms with E-state index in [0.29, 0.717) is 31.6 Å². The molecule has 2 aliphatic heterocycles. The number of carbonyl (C=O) groups excluding carboxylic acids is 2. The lowest BCUT2D eigenvalue weighted by atomic mass is 9.49. The van der Waals surface area contributed by atoms with Crippen molar-refractivity contribution in [3.8, 4) is 0 Å². The lowest BCUT2D eigenvalue weighted by Crippen LogP contribution is -2.74. The quantitative estimate of drug-likeness (QED) is 0.768. The Morgan fingerprint density at radius 2 is 1.53 bits per heavy atom. The van der Waals surface area contributed by atoms with Gasteiger partial charge in [-0.15, -0.1) is 0 Å². The Balaban J connectivity index is 1.05. The summed E-state index contributed by atoms with van der Waals surface area (Å²) in [7, 11) is 2.03. The van der Waals surface area contributed by atoms with Crippen molar-refractivity contribution in [3.05, 3.63) is 0 Å². The molecule has 7 aliphatic rings. The lowest BCUT2D eigenvalue weighted by molar-refractivity contribution is -0.211. The number of likely N-dealkylation sites (N-methyl/N-ethyl adjacent to an activating group) is 1. The summed E-state index contributed by atoms with van der Waals surface area (Å²) in [5.41, 5.74) is -0.322. The van der Waals surface area contributed by atoms with Gasteiger partial charge in [0.1, 0.15) is 11.6 Å². The first-order valence-electron chi connectivity index (χ1n) is 12.4. The molecule has 7 fully saturated rings. The number of carbonyl (C=O) groups is 2. The van der Waals surface area contributed by atoms with Gasteiger partial charge in [0.15, 0.2) is 0 Å². The maximum atomic E-state index is 13.5. The Bertz CT molecular complexity index is 690. The molecular weight excluding hydrogens is 378 g/mol. The van der Waals surface area contributed by atoms with Crippen LogP contribution in [0.5, 0.6) is 0 Å². The maximum Gasteiger partial charge on any atom is 0.239 e. The summed E-state index contributed by atoms with van der Waals surface area (Å²) in [6.45, 7) is 2.58. The van der Waals surface area contributed by atoms with Crippen LogP contribution in [-0.2, 0) is 14.3 Å². The van der Waals surface area contributed by atoms with Gasteiger partial charge in [-0.3, -0.25) is 14.5 Å². The number of ether oxygens (including phenoxy) is 1. The topological polar surface area (TPSA) is 61.9 Å². The molecule has 6 heteroatoms. The van der Waals surface area contributed by atoms with Crippen LogP contribution in [0.4, 0.5) is 0 Å². The van der Waals surface area contributed by atoms with E-state index < -0.39 is 0 Å². The van der Waals surface area contributed by atoms with Crippen LogP contribution in [-0.4, -0.2) is 72.6 Å². The molecule has 4 bridgehead atoms. The van der Waals surface area contributed by atoms with Gasteiger partial charge in [-0.1, -0.05) is 12.8 Å². The Hall–Kier alpha value is -1.14. The summed E-state index contributed by atoms with van der Waals surface area (Å²) in [6.07, 6.45) is 12.2. The molecule has 7 rings (SSSR count). The first-order valence-corrected chi connectivity index (χ1v) is 12.4. The zero-order valence-corrected chi connectivity index (χ0v) is 18.4. The standard InChI is InChI=1S/C24H37N3O3/c1-26-13-24(30-12-20(26)21(28)25-19-4-2-3-5-19)14-27(15-24)22(29)23-9-16-6-17(10-23)8-18(7-16)11-23/h16-20H,2-15H2,1H3,(H,25,28)/t16?,17?,18?,20-,23?/m1/s1. The number of nitrogens with one attached hydrogen (secondary N) is 1. The average molecular weight is 416 g/mol. The van der Waals surface area contributed by atoms with E-state index in [9.17, 15) is 9.59 Å². The van der Waals surface area contributed by atoms with Crippen molar-refractivity contribution in [2.24, 2.45) is 23.2 Å². The van der Waals surface area contributed by atoms with Crippen LogP contribution in [0.3, 0.4) is 0 Å². The molecule has 5 saturated carbocycles. The molecule has 0 aromatic rings. The summed E-state index contributed by atoms with van der Waals surface area (Å²) < 4.78 is 6.27. The molecule has 0 radical (unpaired) electrons. The van der Waals surface area contributed by atoms with E-state index in [1.807, 2.05) is 7.05 Å². The summed E-state index contributed by atoms with van der Waals surface area (Å²) in [4.78, 5) is 30.5. The summed E-state index contributed by atoms with van der Waals surface area (Å²) >= 11 is 0. The fourth-order valence-electron chi connectivity index (χ4n) is 8.33. The maximum absolute atomic E-state index is 13.5. The van der Waals surface area contributed by atoms with Crippen molar-refractivity contribution >= 4 is 11.8 Å². The molecule has 2 saturated heterocycles. The van der Waals surface area contributed by atoms with E-state index in [1.165, 1.54) is 32.1 Å². The minimum atomic E-state index is -0.267. The molecule has 1 atom stereocenters. The highest BCUT2D eigenvalue weighted by Crippen LogP contribution is 2.61. The number of morpholine rings is 1. The van der Waals surface area contributed by atoms with Gasteiger partial charge in [0.05, 0.1) is 25.1 Å². The van der Waals surface area contributed by atoms with Crippen molar-refractivity contribution in [1.82, 2.24) is 15.1 Å². The monoisotopic (exact) mass is 415 g/mol. The molecule has 0 aromatic carbocycles. The predicted molar refractivity (Wildman–Crippen MR) is 113 cm³/mol. The first kappa shape index (κ1) is 19.5. The van der Waals surface area contributed by atoms with Crippen molar-refractivity contribution in [3.63, 3.8) is 0 Å². The normalized spacial score (nSPS) is 42.5. The second-order valence-corrected chi connectivity index (χ2v) is 11.8. The highest BCUT2D eigenvalue weighted by atomic mass is 16.5. The Morgan fingerprint density at radius 3 is 2.10 bits per heavy atom. The number of rotatable bonds is 3. The molecule has 30 heavy (non-hydrogen) atoms. The third kappa shape index (κ3) is 3.12. The van der Waals surface area contributed by atoms with Gasteiger partial charge in [-0.05, 0) is 76.2 Å². The van der Waals surface area contributed by atoms with Crippen LogP contribution < -0.4 is 5.32 Å². The first-order chi connectivity index (χ1) is 14.4. The second-order valence-electron chi connectivity index (χ2n) is 11.8. The zero-order valence-electron chi connectivity index (χ0n) is 18.4. The van der Waals surface area contributed by atoms with Crippen LogP contribution in [0.2, 0.25) is 0 Å². The highest BCUT2D eigenvalue weighted by molar-refractivity contribution is 5.85. The van der Waals surface area contributed by atoms with Crippen molar-refractivity contribution in [2.45, 2.75) is 81.9 Å². The molecule has 0 unspecified atom stereocenters. The van der Waals surface area contributed by atoms with E-state index in [1.54, 1.807) is 0 Å². The molecule has 1 N–H and O–H groups in total. The highest BCUT2D eigenvalue weighted by Gasteiger charge is 2.59. The molecule has 2 heterocycles. The lowest BCUT2D eigenvalue weighted by Gasteiger charge is -2.60. The third-order valence-electron chi connectivity index (χ3n) is 9.36. The molecule has 0 aromatic heterocycles. The number of hydrogen-bond donors (Lipinski definition) is 1. The van der Waals surface area contributed by atoms with Gasteiger partial charge < -0.3 is 15.0 Å². The Morgan fingerprint density at radius 1 is 0.933 bits per heavy atom. The van der Waals surface area contributed by atoms with Crippen LogP contribution in [0.1, 0.15) is 64.2 Å². The molecule has 2 amide bonds. The predicted octanol–water partition coefficient (Wildman–Crippen LogP) is 2.17. The largest absolute Gasteiger partial charge is 0.368 e. The minimum Gasteiger partial charge on any atom is -0.368 e. The summed E-state index contributed by atoms with van der Waals surface area (Å²) in [5, 5.41) is 3.22. The SMILES string of the molecule is CN1CC2(CN(C(=O)C34CC5CC(CC(C5)C3)C4)C2)OC[C@@H]1C(=O)NC1CCCC1. The van der Waals surface area contributed by atoms with Crippen LogP contribution >= 0.6 is 0 Å². The average Bonchev–Trinajstić information content (AvgIpc) is 3.17. The zero-order chi connectivity index (χ0) is 20.5. The van der Waals surface area contributed by atoms with Crippen molar-refractivity contribution < 1.29 is 14.3 Å². The molecule has 5 aliphatic carbocycles. The summed E-state index contributed by atoms with van der Waals surface area (Å²) in [5.74, 6) is 2.92. The van der Waals surface area contributed by atoms with Gasteiger partial charge in [-0.2, -0.15) is 0 Å². The Kier molecular flexibility index (Phi) is 4.51.